The van der Waals surface area contributed by atoms with Gasteiger partial charge in [-0.2, -0.15) is 35.9 Å². The van der Waals surface area contributed by atoms with E-state index in [0.717, 1.165) is 18.8 Å². The predicted octanol–water partition coefficient (Wildman–Crippen LogP) is 2.59. The molecule has 0 bridgehead atoms. The molecule has 0 heterocycles. The van der Waals surface area contributed by atoms with Gasteiger partial charge in [0.25, 0.3) is 0 Å². The third kappa shape index (κ3) is 9.16. The minimum atomic E-state index is 0. The molecule has 0 nitrogen and oxygen atoms in total. The van der Waals surface area contributed by atoms with Crippen LogP contribution in [0.15, 0.2) is 121 Å². The van der Waals surface area contributed by atoms with Gasteiger partial charge in [0.1, 0.15) is 0 Å². The van der Waals surface area contributed by atoms with Crippen molar-refractivity contribution in [3.8, 4) is 11.1 Å². The van der Waals surface area contributed by atoms with Gasteiger partial charge in [0, 0.05) is 0 Å². The summed E-state index contributed by atoms with van der Waals surface area (Å²) in [5.41, 5.74) is 9.63. The molecule has 0 unspecified atom stereocenters. The molecule has 3 heteroatoms. The van der Waals surface area contributed by atoms with Gasteiger partial charge in [-0.3, -0.25) is 6.08 Å². The molecule has 0 spiro atoms. The van der Waals surface area contributed by atoms with Crippen molar-refractivity contribution in [1.29, 1.82) is 0 Å². The van der Waals surface area contributed by atoms with Gasteiger partial charge in [-0.1, -0.05) is 61.6 Å². The topological polar surface area (TPSA) is 0 Å². The predicted molar refractivity (Wildman–Crippen MR) is 150 cm³/mol. The van der Waals surface area contributed by atoms with Gasteiger partial charge in [0.2, 0.25) is 0 Å². The van der Waals surface area contributed by atoms with Crippen molar-refractivity contribution in [1.82, 2.24) is 0 Å². The number of rotatable bonds is 4. The van der Waals surface area contributed by atoms with Crippen molar-refractivity contribution >= 4 is 3.21 Å². The van der Waals surface area contributed by atoms with E-state index in [2.05, 4.69) is 135 Å². The Bertz CT molecular complexity index is 1250. The van der Waals surface area contributed by atoms with E-state index in [0.29, 0.717) is 0 Å². The second-order valence-corrected chi connectivity index (χ2v) is 10.7. The summed E-state index contributed by atoms with van der Waals surface area (Å²) < 4.78 is 1.42. The average molecular weight is 615 g/mol. The SMILES string of the molecule is CC(C)CC1=CC[C-]=C1.[Cl-].[Cl-].[Zr+2]=[C](c1ccccc1)c1ccccc1.[c-]1cccc2c1Cc1ccccc1-2. The summed E-state index contributed by atoms with van der Waals surface area (Å²) in [7, 11) is 0. The van der Waals surface area contributed by atoms with Crippen molar-refractivity contribution in [2.45, 2.75) is 33.1 Å². The fourth-order valence-electron chi connectivity index (χ4n) is 4.43. The van der Waals surface area contributed by atoms with E-state index < -0.39 is 0 Å². The van der Waals surface area contributed by atoms with E-state index in [9.17, 15) is 0 Å². The molecule has 0 saturated heterocycles. The van der Waals surface area contributed by atoms with E-state index in [1.807, 2.05) is 6.07 Å². The Balaban J connectivity index is 0.000000200. The van der Waals surface area contributed by atoms with Gasteiger partial charge in [0.15, 0.2) is 0 Å². The van der Waals surface area contributed by atoms with E-state index in [4.69, 9.17) is 0 Å². The van der Waals surface area contributed by atoms with Gasteiger partial charge in [-0.05, 0) is 6.42 Å². The summed E-state index contributed by atoms with van der Waals surface area (Å²) in [6.07, 6.45) is 10.8. The molecule has 0 saturated carbocycles. The van der Waals surface area contributed by atoms with Crippen molar-refractivity contribution in [2.24, 2.45) is 5.92 Å². The largest absolute Gasteiger partial charge is 0.179 e. The van der Waals surface area contributed by atoms with E-state index in [-0.39, 0.29) is 24.8 Å². The third-order valence-corrected chi connectivity index (χ3v) is 7.57. The molecule has 6 rings (SSSR count). The van der Waals surface area contributed by atoms with Crippen LogP contribution in [-0.2, 0) is 30.7 Å². The second-order valence-electron chi connectivity index (χ2n) is 9.43. The standard InChI is InChI=1S/C13H9.C13H10.C9H13.2ClH.Zr/c1-3-7-12-10(5-1)9-11-6-2-4-8-13(11)12;1-3-7-12(8-4-1)11-13-9-5-2-6-10-13;1-8(2)7-9-5-3-4-6-9;;;/h1-5,7-8H,9H2;1-10H;5-6,8H,3,7H2,1-2H3;2*1H;/q-1;;-1;;;+2/p-2. The van der Waals surface area contributed by atoms with Crippen LogP contribution in [0, 0.1) is 18.1 Å². The van der Waals surface area contributed by atoms with Gasteiger partial charge in [-0.15, -0.1) is 12.0 Å². The van der Waals surface area contributed by atoms with Crippen molar-refractivity contribution in [2.75, 3.05) is 0 Å². The summed E-state index contributed by atoms with van der Waals surface area (Å²) in [4.78, 5) is 0. The number of hydrogen-bond acceptors (Lipinski definition) is 0. The van der Waals surface area contributed by atoms with Crippen LogP contribution in [0.1, 0.15) is 48.9 Å². The van der Waals surface area contributed by atoms with E-state index in [1.54, 1.807) is 0 Å². The number of halogens is 2. The van der Waals surface area contributed by atoms with Crippen molar-refractivity contribution in [3.63, 3.8) is 0 Å². The van der Waals surface area contributed by atoms with Crippen LogP contribution in [0.2, 0.25) is 0 Å². The fourth-order valence-corrected chi connectivity index (χ4v) is 5.25. The van der Waals surface area contributed by atoms with Crippen LogP contribution in [0.5, 0.6) is 0 Å². The first kappa shape index (κ1) is 31.9. The molecule has 0 atom stereocenters. The normalized spacial score (nSPS) is 11.9. The maximum atomic E-state index is 3.30. The first-order valence-electron chi connectivity index (χ1n) is 12.6. The van der Waals surface area contributed by atoms with Crippen LogP contribution in [-0.4, -0.2) is 3.21 Å². The quantitative estimate of drug-likeness (QED) is 0.273. The average Bonchev–Trinajstić information content (AvgIpc) is 3.57. The molecule has 38 heavy (non-hydrogen) atoms. The molecule has 2 aliphatic carbocycles. The zero-order valence-electron chi connectivity index (χ0n) is 21.9. The summed E-state index contributed by atoms with van der Waals surface area (Å²) >= 11 is 1.46. The zero-order chi connectivity index (χ0) is 25.2. The summed E-state index contributed by atoms with van der Waals surface area (Å²) in [6.45, 7) is 4.49. The zero-order valence-corrected chi connectivity index (χ0v) is 25.9. The van der Waals surface area contributed by atoms with Gasteiger partial charge >= 0.3 is 99.2 Å². The van der Waals surface area contributed by atoms with Crippen LogP contribution in [0.4, 0.5) is 0 Å². The number of allylic oxidation sites excluding steroid dienone is 4. The summed E-state index contributed by atoms with van der Waals surface area (Å²) in [6, 6.07) is 39.2. The maximum Gasteiger partial charge on any atom is -0.0253 e. The Labute approximate surface area is 256 Å². The minimum absolute atomic E-state index is 0. The molecule has 0 aromatic heterocycles. The van der Waals surface area contributed by atoms with Gasteiger partial charge in [0.05, 0.1) is 0 Å². The Hall–Kier alpha value is -2.31. The monoisotopic (exact) mass is 612 g/mol. The molecule has 0 aliphatic heterocycles. The van der Waals surface area contributed by atoms with Crippen LogP contribution < -0.4 is 24.8 Å². The van der Waals surface area contributed by atoms with Crippen molar-refractivity contribution < 1.29 is 49.0 Å². The van der Waals surface area contributed by atoms with Crippen molar-refractivity contribution in [3.05, 3.63) is 155 Å². The fraction of sp³-hybridized carbons (Fsp3) is 0.171. The molecule has 2 aliphatic rings. The number of benzene rings is 4. The summed E-state index contributed by atoms with van der Waals surface area (Å²) in [5.74, 6) is 0.785. The smallest absolute Gasteiger partial charge is 0.0253 e. The first-order valence-corrected chi connectivity index (χ1v) is 13.9. The summed E-state index contributed by atoms with van der Waals surface area (Å²) in [5, 5.41) is 0. The minimum Gasteiger partial charge on any atom is -0.179 e. The Morgan fingerprint density at radius 3 is 1.92 bits per heavy atom. The molecular formula is C35H32Cl2Zr-2. The molecule has 0 fully saturated rings. The molecule has 0 radical (unpaired) electrons. The Kier molecular flexibility index (Phi) is 13.9. The molecule has 0 amide bonds. The van der Waals surface area contributed by atoms with Gasteiger partial charge in [-0.25, -0.2) is 11.6 Å². The molecule has 192 valence electrons. The molecular weight excluding hydrogens is 583 g/mol. The Morgan fingerprint density at radius 1 is 0.763 bits per heavy atom. The number of fused-ring (bicyclic) bond motifs is 3. The maximum absolute atomic E-state index is 3.30. The number of hydrogen-bond donors (Lipinski definition) is 0. The van der Waals surface area contributed by atoms with Crippen LogP contribution in [0.25, 0.3) is 11.1 Å². The third-order valence-electron chi connectivity index (χ3n) is 6.16. The molecule has 0 N–H and O–H groups in total. The first-order chi connectivity index (χ1) is 17.6. The molecule has 4 aromatic rings. The second kappa shape index (κ2) is 16.6. The van der Waals surface area contributed by atoms with Crippen LogP contribution in [0.3, 0.4) is 0 Å². The van der Waals surface area contributed by atoms with E-state index >= 15 is 0 Å². The van der Waals surface area contributed by atoms with Crippen LogP contribution >= 0.6 is 0 Å². The van der Waals surface area contributed by atoms with E-state index in [1.165, 1.54) is 72.8 Å². The van der Waals surface area contributed by atoms with Gasteiger partial charge < -0.3 is 24.8 Å². The molecule has 4 aromatic carbocycles. The Morgan fingerprint density at radius 2 is 1.34 bits per heavy atom.